The summed E-state index contributed by atoms with van der Waals surface area (Å²) in [4.78, 5) is 11.0. The van der Waals surface area contributed by atoms with E-state index in [1.807, 2.05) is 43.5 Å². The lowest BCUT2D eigenvalue weighted by molar-refractivity contribution is 0.114. The van der Waals surface area contributed by atoms with E-state index in [1.54, 1.807) is 16.7 Å². The largest absolute Gasteiger partial charge is 0.486 e. The molecule has 204 valence electrons. The topological polar surface area (TPSA) is 104 Å². The Morgan fingerprint density at radius 2 is 1.77 bits per heavy atom. The Balaban J connectivity index is 1.15. The number of benzene rings is 1. The highest BCUT2D eigenvalue weighted by molar-refractivity contribution is 7.88. The number of fused-ring (bicyclic) bond motifs is 1. The van der Waals surface area contributed by atoms with Crippen LogP contribution in [0.15, 0.2) is 48.9 Å². The summed E-state index contributed by atoms with van der Waals surface area (Å²) < 4.78 is 31.4. The Labute approximate surface area is 237 Å². The van der Waals surface area contributed by atoms with Gasteiger partial charge in [0, 0.05) is 66.7 Å². The molecular weight excluding hydrogens is 559 g/mol. The Morgan fingerprint density at radius 3 is 2.41 bits per heavy atom. The minimum absolute atomic E-state index is 0.179. The van der Waals surface area contributed by atoms with Gasteiger partial charge in [0.1, 0.15) is 23.4 Å². The van der Waals surface area contributed by atoms with Gasteiger partial charge in [0.15, 0.2) is 0 Å². The lowest BCUT2D eigenvalue weighted by Gasteiger charge is -2.54. The molecule has 0 radical (unpaired) electrons. The maximum atomic E-state index is 11.8. The number of anilines is 1. The van der Waals surface area contributed by atoms with Crippen LogP contribution >= 0.6 is 23.2 Å². The molecule has 1 spiro atoms. The van der Waals surface area contributed by atoms with E-state index in [9.17, 15) is 8.42 Å². The van der Waals surface area contributed by atoms with Crippen LogP contribution < -0.4 is 9.64 Å². The van der Waals surface area contributed by atoms with Crippen LogP contribution in [0.5, 0.6) is 5.75 Å². The maximum absolute atomic E-state index is 11.8. The van der Waals surface area contributed by atoms with Crippen LogP contribution in [0.3, 0.4) is 0 Å². The van der Waals surface area contributed by atoms with Crippen LogP contribution in [0, 0.1) is 5.41 Å². The smallest absolute Gasteiger partial charge is 0.211 e. The summed E-state index contributed by atoms with van der Waals surface area (Å²) in [7, 11) is -3.11. The molecule has 2 aliphatic heterocycles. The molecule has 2 saturated heterocycles. The van der Waals surface area contributed by atoms with Gasteiger partial charge in [-0.2, -0.15) is 5.10 Å². The van der Waals surface area contributed by atoms with E-state index in [0.717, 1.165) is 53.9 Å². The van der Waals surface area contributed by atoms with E-state index in [4.69, 9.17) is 32.9 Å². The second-order valence-corrected chi connectivity index (χ2v) is 13.3. The van der Waals surface area contributed by atoms with Gasteiger partial charge in [-0.3, -0.25) is 10.1 Å². The molecule has 2 aliphatic rings. The summed E-state index contributed by atoms with van der Waals surface area (Å²) in [6.07, 6.45) is 7.63. The number of hydrogen-bond donors (Lipinski definition) is 1. The van der Waals surface area contributed by atoms with E-state index in [1.165, 1.54) is 6.26 Å². The molecule has 0 bridgehead atoms. The summed E-state index contributed by atoms with van der Waals surface area (Å²) >= 11 is 12.6. The highest BCUT2D eigenvalue weighted by atomic mass is 35.5. The lowest BCUT2D eigenvalue weighted by Crippen LogP contribution is -2.61. The predicted molar refractivity (Wildman–Crippen MR) is 153 cm³/mol. The van der Waals surface area contributed by atoms with Crippen molar-refractivity contribution in [1.82, 2.24) is 24.5 Å². The molecule has 39 heavy (non-hydrogen) atoms. The number of H-pyrrole nitrogens is 1. The number of ether oxygens (including phenoxy) is 1. The molecule has 5 heterocycles. The molecule has 0 aliphatic carbocycles. The van der Waals surface area contributed by atoms with Gasteiger partial charge in [-0.1, -0.05) is 23.2 Å². The van der Waals surface area contributed by atoms with Gasteiger partial charge in [-0.25, -0.2) is 17.7 Å². The van der Waals surface area contributed by atoms with Gasteiger partial charge in [-0.05, 0) is 50.1 Å². The molecule has 6 rings (SSSR count). The van der Waals surface area contributed by atoms with Gasteiger partial charge in [0.05, 0.1) is 21.8 Å². The van der Waals surface area contributed by atoms with Gasteiger partial charge in [0.2, 0.25) is 10.0 Å². The fourth-order valence-corrected chi connectivity index (χ4v) is 7.12. The number of sulfonamides is 1. The first-order chi connectivity index (χ1) is 18.6. The third kappa shape index (κ3) is 5.06. The van der Waals surface area contributed by atoms with E-state index in [-0.39, 0.29) is 11.5 Å². The van der Waals surface area contributed by atoms with Crippen molar-refractivity contribution in [3.8, 4) is 17.0 Å². The molecule has 1 unspecified atom stereocenters. The number of rotatable bonds is 6. The van der Waals surface area contributed by atoms with Crippen molar-refractivity contribution in [2.45, 2.75) is 25.9 Å². The third-order valence-corrected chi connectivity index (χ3v) is 9.70. The first kappa shape index (κ1) is 26.3. The fraction of sp³-hybridized carbons (Fsp3) is 0.370. The molecule has 2 fully saturated rings. The molecule has 12 heteroatoms. The Hall–Kier alpha value is -2.92. The monoisotopic (exact) mass is 586 g/mol. The normalized spacial score (nSPS) is 18.3. The van der Waals surface area contributed by atoms with Crippen LogP contribution in [-0.2, 0) is 10.0 Å². The molecule has 0 amide bonds. The molecule has 1 atom stereocenters. The molecular formula is C27H28Cl2N6O3S. The predicted octanol–water partition coefficient (Wildman–Crippen LogP) is 5.33. The highest BCUT2D eigenvalue weighted by Gasteiger charge is 2.46. The number of halogens is 2. The van der Waals surface area contributed by atoms with Gasteiger partial charge in [0.25, 0.3) is 0 Å². The second-order valence-electron chi connectivity index (χ2n) is 10.5. The van der Waals surface area contributed by atoms with Crippen molar-refractivity contribution in [1.29, 1.82) is 0 Å². The zero-order chi connectivity index (χ0) is 27.4. The van der Waals surface area contributed by atoms with Gasteiger partial charge < -0.3 is 9.64 Å². The van der Waals surface area contributed by atoms with Crippen LogP contribution in [0.2, 0.25) is 10.0 Å². The summed E-state index contributed by atoms with van der Waals surface area (Å²) in [5, 5.41) is 9.46. The zero-order valence-electron chi connectivity index (χ0n) is 21.6. The minimum Gasteiger partial charge on any atom is -0.486 e. The third-order valence-electron chi connectivity index (χ3n) is 7.79. The molecule has 3 aromatic heterocycles. The molecule has 4 aromatic rings. The molecule has 9 nitrogen and oxygen atoms in total. The molecule has 1 aromatic carbocycles. The van der Waals surface area contributed by atoms with Crippen molar-refractivity contribution in [2.75, 3.05) is 37.3 Å². The second kappa shape index (κ2) is 9.92. The Morgan fingerprint density at radius 1 is 1.05 bits per heavy atom. The zero-order valence-corrected chi connectivity index (χ0v) is 23.9. The van der Waals surface area contributed by atoms with Crippen LogP contribution in [0.1, 0.15) is 31.4 Å². The van der Waals surface area contributed by atoms with E-state index in [0.29, 0.717) is 34.4 Å². The van der Waals surface area contributed by atoms with Crippen LogP contribution in [-0.4, -0.2) is 65.3 Å². The number of pyridine rings is 2. The van der Waals surface area contributed by atoms with Crippen molar-refractivity contribution in [3.05, 3.63) is 64.5 Å². The number of aromatic nitrogens is 4. The minimum atomic E-state index is -3.11. The summed E-state index contributed by atoms with van der Waals surface area (Å²) in [6.45, 7) is 4.88. The number of aromatic amines is 1. The number of nitrogens with zero attached hydrogens (tertiary/aromatic N) is 5. The SMILES string of the molecule is CC(Oc1ccc2[nH]nc(-c3ccc(N4CC5(CCN(S(C)(=O)=O)CC5)C4)nc3)c2c1)c1c(Cl)cncc1Cl. The van der Waals surface area contributed by atoms with Crippen molar-refractivity contribution < 1.29 is 13.2 Å². The van der Waals surface area contributed by atoms with Crippen molar-refractivity contribution >= 4 is 49.9 Å². The number of hydrogen-bond acceptors (Lipinski definition) is 7. The Kier molecular flexibility index (Phi) is 6.69. The standard InChI is InChI=1S/C27H28Cl2N6O3S/c1-17(25-21(28)13-30-14-22(25)29)38-19-4-5-23-20(11-19)26(33-32-23)18-3-6-24(31-12-18)34-15-27(16-34)7-9-35(10-8-27)39(2,36)37/h3-6,11-14,17H,7-10,15-16H2,1-2H3,(H,32,33). The maximum Gasteiger partial charge on any atom is 0.211 e. The lowest BCUT2D eigenvalue weighted by atomic mass is 9.72. The number of piperidine rings is 1. The number of nitrogens with one attached hydrogen (secondary N) is 1. The first-order valence-corrected chi connectivity index (χ1v) is 15.3. The van der Waals surface area contributed by atoms with Gasteiger partial charge in [-0.15, -0.1) is 0 Å². The quantitative estimate of drug-likeness (QED) is 0.325. The molecule has 1 N–H and O–H groups in total. The average molecular weight is 588 g/mol. The van der Waals surface area contributed by atoms with Crippen LogP contribution in [0.25, 0.3) is 22.2 Å². The fourth-order valence-electron chi connectivity index (χ4n) is 5.61. The van der Waals surface area contributed by atoms with E-state index in [2.05, 4.69) is 20.1 Å². The first-order valence-electron chi connectivity index (χ1n) is 12.7. The molecule has 0 saturated carbocycles. The van der Waals surface area contributed by atoms with E-state index < -0.39 is 10.0 Å². The average Bonchev–Trinajstić information content (AvgIpc) is 3.30. The summed E-state index contributed by atoms with van der Waals surface area (Å²) in [5.74, 6) is 1.58. The van der Waals surface area contributed by atoms with Gasteiger partial charge >= 0.3 is 0 Å². The van der Waals surface area contributed by atoms with Crippen molar-refractivity contribution in [2.24, 2.45) is 5.41 Å². The summed E-state index contributed by atoms with van der Waals surface area (Å²) in [5.41, 5.74) is 3.44. The van der Waals surface area contributed by atoms with Crippen LogP contribution in [0.4, 0.5) is 5.82 Å². The Bertz CT molecular complexity index is 1610. The summed E-state index contributed by atoms with van der Waals surface area (Å²) in [6, 6.07) is 9.81. The highest BCUT2D eigenvalue weighted by Crippen LogP contribution is 2.43. The van der Waals surface area contributed by atoms with Crippen molar-refractivity contribution in [3.63, 3.8) is 0 Å². The van der Waals surface area contributed by atoms with E-state index >= 15 is 0 Å².